The maximum Gasteiger partial charge on any atom is 0.262 e. The highest BCUT2D eigenvalue weighted by atomic mass is 32.2. The average Bonchev–Trinajstić information content (AvgIpc) is 3.25. The lowest BCUT2D eigenvalue weighted by Crippen LogP contribution is -2.35. The van der Waals surface area contributed by atoms with Crippen LogP contribution in [0, 0.1) is 6.92 Å². The number of carbonyl (C=O) groups is 1. The molecule has 8 heteroatoms. The van der Waals surface area contributed by atoms with Crippen molar-refractivity contribution in [3.05, 3.63) is 53.6 Å². The molecule has 2 aromatic carbocycles. The van der Waals surface area contributed by atoms with Gasteiger partial charge in [0.05, 0.1) is 12.0 Å². The quantitative estimate of drug-likeness (QED) is 0.695. The van der Waals surface area contributed by atoms with Gasteiger partial charge in [-0.15, -0.1) is 0 Å². The molecular formula is C22H29N3O4S. The Kier molecular flexibility index (Phi) is 6.99. The molecular weight excluding hydrogens is 402 g/mol. The topological polar surface area (TPSA) is 78.9 Å². The molecule has 0 aromatic heterocycles. The van der Waals surface area contributed by atoms with E-state index in [4.69, 9.17) is 4.74 Å². The third-order valence-corrected chi connectivity index (χ3v) is 6.89. The van der Waals surface area contributed by atoms with Crippen LogP contribution in [0.25, 0.3) is 0 Å². The molecule has 1 amide bonds. The Hall–Kier alpha value is -2.58. The molecule has 1 N–H and O–H groups in total. The summed E-state index contributed by atoms with van der Waals surface area (Å²) in [5.74, 6) is 0.453. The zero-order chi connectivity index (χ0) is 21.7. The fraction of sp³-hybridized carbons (Fsp3) is 0.409. The molecule has 2 aromatic rings. The summed E-state index contributed by atoms with van der Waals surface area (Å²) < 4.78 is 33.6. The Labute approximate surface area is 178 Å². The second-order valence-electron chi connectivity index (χ2n) is 7.59. The number of likely N-dealkylation sites (N-methyl/N-ethyl adjacent to an activating group) is 1. The third kappa shape index (κ3) is 5.31. The Balaban J connectivity index is 1.74. The molecule has 1 aliphatic heterocycles. The van der Waals surface area contributed by atoms with E-state index >= 15 is 0 Å². The molecule has 1 aliphatic rings. The summed E-state index contributed by atoms with van der Waals surface area (Å²) in [6, 6.07) is 11.4. The molecule has 0 spiro atoms. The Morgan fingerprint density at radius 2 is 1.80 bits per heavy atom. The molecule has 3 rings (SSSR count). The van der Waals surface area contributed by atoms with Gasteiger partial charge in [-0.2, -0.15) is 0 Å². The van der Waals surface area contributed by atoms with Crippen LogP contribution in [-0.2, 0) is 10.0 Å². The number of ether oxygens (including phenoxy) is 1. The Morgan fingerprint density at radius 1 is 1.13 bits per heavy atom. The minimum Gasteiger partial charge on any atom is -0.497 e. The van der Waals surface area contributed by atoms with Crippen LogP contribution in [0.4, 0.5) is 5.69 Å². The summed E-state index contributed by atoms with van der Waals surface area (Å²) in [5, 5.41) is 0. The van der Waals surface area contributed by atoms with Gasteiger partial charge in [-0.1, -0.05) is 6.07 Å². The molecule has 1 fully saturated rings. The second kappa shape index (κ2) is 9.49. The smallest absolute Gasteiger partial charge is 0.262 e. The molecule has 0 bridgehead atoms. The molecule has 162 valence electrons. The number of nitrogens with one attached hydrogen (secondary N) is 1. The van der Waals surface area contributed by atoms with Crippen LogP contribution in [-0.4, -0.2) is 64.5 Å². The van der Waals surface area contributed by atoms with Gasteiger partial charge in [0.25, 0.3) is 15.9 Å². The van der Waals surface area contributed by atoms with Gasteiger partial charge in [-0.3, -0.25) is 9.52 Å². The molecule has 30 heavy (non-hydrogen) atoms. The zero-order valence-corrected chi connectivity index (χ0v) is 18.5. The highest BCUT2D eigenvalue weighted by Crippen LogP contribution is 2.23. The summed E-state index contributed by atoms with van der Waals surface area (Å²) in [6.07, 6.45) is 2.41. The van der Waals surface area contributed by atoms with Crippen molar-refractivity contribution in [3.63, 3.8) is 0 Å². The van der Waals surface area contributed by atoms with Gasteiger partial charge in [-0.05, 0) is 74.8 Å². The average molecular weight is 432 g/mol. The maximum atomic E-state index is 12.9. The molecule has 0 atom stereocenters. The van der Waals surface area contributed by atoms with Gasteiger partial charge in [0.15, 0.2) is 0 Å². The van der Waals surface area contributed by atoms with Crippen LogP contribution in [0.2, 0.25) is 0 Å². The largest absolute Gasteiger partial charge is 0.497 e. The van der Waals surface area contributed by atoms with Gasteiger partial charge >= 0.3 is 0 Å². The molecule has 7 nitrogen and oxygen atoms in total. The van der Waals surface area contributed by atoms with E-state index in [0.717, 1.165) is 19.6 Å². The highest BCUT2D eigenvalue weighted by Gasteiger charge is 2.21. The van der Waals surface area contributed by atoms with E-state index in [1.165, 1.54) is 18.9 Å². The number of anilines is 1. The van der Waals surface area contributed by atoms with Crippen LogP contribution in [0.5, 0.6) is 5.75 Å². The number of methoxy groups -OCH3 is 1. The van der Waals surface area contributed by atoms with Gasteiger partial charge in [0, 0.05) is 31.4 Å². The van der Waals surface area contributed by atoms with Crippen LogP contribution in [0.3, 0.4) is 0 Å². The minimum atomic E-state index is -3.84. The standard InChI is InChI=1S/C22H29N3O4S/c1-17-6-7-18(22(26)24(2)14-15-25-12-4-5-13-25)16-21(17)30(27,28)23-19-8-10-20(29-3)11-9-19/h6-11,16,23H,4-5,12-15H2,1-3H3. The summed E-state index contributed by atoms with van der Waals surface area (Å²) >= 11 is 0. The predicted octanol–water partition coefficient (Wildman–Crippen LogP) is 2.97. The van der Waals surface area contributed by atoms with Crippen LogP contribution in [0.15, 0.2) is 47.4 Å². The molecule has 0 unspecified atom stereocenters. The van der Waals surface area contributed by atoms with Crippen LogP contribution >= 0.6 is 0 Å². The molecule has 0 saturated carbocycles. The first kappa shape index (κ1) is 22.1. The number of benzene rings is 2. The normalized spacial score (nSPS) is 14.5. The van der Waals surface area contributed by atoms with Crippen molar-refractivity contribution in [2.75, 3.05) is 45.1 Å². The van der Waals surface area contributed by atoms with Crippen molar-refractivity contribution >= 4 is 21.6 Å². The van der Waals surface area contributed by atoms with E-state index in [0.29, 0.717) is 29.1 Å². The lowest BCUT2D eigenvalue weighted by Gasteiger charge is -2.22. The van der Waals surface area contributed by atoms with E-state index in [2.05, 4.69) is 9.62 Å². The van der Waals surface area contributed by atoms with Crippen molar-refractivity contribution in [2.24, 2.45) is 0 Å². The molecule has 1 saturated heterocycles. The lowest BCUT2D eigenvalue weighted by atomic mass is 10.1. The van der Waals surface area contributed by atoms with E-state index in [9.17, 15) is 13.2 Å². The number of sulfonamides is 1. The summed E-state index contributed by atoms with van der Waals surface area (Å²) in [7, 11) is -0.540. The number of hydrogen-bond acceptors (Lipinski definition) is 5. The fourth-order valence-corrected chi connectivity index (χ4v) is 4.84. The number of carbonyl (C=O) groups excluding carboxylic acids is 1. The first-order chi connectivity index (χ1) is 14.3. The fourth-order valence-electron chi connectivity index (χ4n) is 3.51. The van der Waals surface area contributed by atoms with Crippen molar-refractivity contribution < 1.29 is 17.9 Å². The predicted molar refractivity (Wildman–Crippen MR) is 118 cm³/mol. The second-order valence-corrected chi connectivity index (χ2v) is 9.24. The van der Waals surface area contributed by atoms with Crippen LogP contribution in [0.1, 0.15) is 28.8 Å². The number of hydrogen-bond donors (Lipinski definition) is 1. The molecule has 0 radical (unpaired) electrons. The number of aryl methyl sites for hydroxylation is 1. The summed E-state index contributed by atoms with van der Waals surface area (Å²) in [5.41, 5.74) is 1.36. The highest BCUT2D eigenvalue weighted by molar-refractivity contribution is 7.92. The van der Waals surface area contributed by atoms with Gasteiger partial charge < -0.3 is 14.5 Å². The molecule has 0 aliphatic carbocycles. The first-order valence-corrected chi connectivity index (χ1v) is 11.5. The molecule has 1 heterocycles. The van der Waals surface area contributed by atoms with Gasteiger partial charge in [0.1, 0.15) is 5.75 Å². The van der Waals surface area contributed by atoms with E-state index < -0.39 is 10.0 Å². The van der Waals surface area contributed by atoms with E-state index in [1.54, 1.807) is 62.4 Å². The van der Waals surface area contributed by atoms with Gasteiger partial charge in [0.2, 0.25) is 0 Å². The van der Waals surface area contributed by atoms with Gasteiger partial charge in [-0.25, -0.2) is 8.42 Å². The monoisotopic (exact) mass is 431 g/mol. The van der Waals surface area contributed by atoms with Crippen LogP contribution < -0.4 is 9.46 Å². The third-order valence-electron chi connectivity index (χ3n) is 5.36. The maximum absolute atomic E-state index is 12.9. The Bertz CT molecular complexity index is 984. The van der Waals surface area contributed by atoms with Crippen molar-refractivity contribution in [3.8, 4) is 5.75 Å². The lowest BCUT2D eigenvalue weighted by molar-refractivity contribution is 0.0782. The van der Waals surface area contributed by atoms with Crippen molar-refractivity contribution in [1.29, 1.82) is 0 Å². The number of rotatable bonds is 8. The zero-order valence-electron chi connectivity index (χ0n) is 17.7. The number of nitrogens with zero attached hydrogens (tertiary/aromatic N) is 2. The van der Waals surface area contributed by atoms with Crippen molar-refractivity contribution in [2.45, 2.75) is 24.7 Å². The van der Waals surface area contributed by atoms with E-state index in [-0.39, 0.29) is 10.8 Å². The summed E-state index contributed by atoms with van der Waals surface area (Å²) in [6.45, 7) is 5.31. The SMILES string of the molecule is COc1ccc(NS(=O)(=O)c2cc(C(=O)N(C)CCN3CCCC3)ccc2C)cc1. The first-order valence-electron chi connectivity index (χ1n) is 10.1. The summed E-state index contributed by atoms with van der Waals surface area (Å²) in [4.78, 5) is 16.9. The number of likely N-dealkylation sites (tertiary alicyclic amines) is 1. The minimum absolute atomic E-state index is 0.0945. The Morgan fingerprint density at radius 3 is 2.43 bits per heavy atom. The van der Waals surface area contributed by atoms with E-state index in [1.807, 2.05) is 0 Å². The number of amides is 1. The van der Waals surface area contributed by atoms with Crippen molar-refractivity contribution in [1.82, 2.24) is 9.80 Å².